The van der Waals surface area contributed by atoms with Crippen LogP contribution in [0.15, 0.2) is 58.5 Å². The Morgan fingerprint density at radius 1 is 1.08 bits per heavy atom. The van der Waals surface area contributed by atoms with E-state index in [0.717, 1.165) is 49.2 Å². The molecule has 0 radical (unpaired) electrons. The zero-order chi connectivity index (χ0) is 18.0. The van der Waals surface area contributed by atoms with Gasteiger partial charge in [-0.2, -0.15) is 0 Å². The number of benzene rings is 1. The van der Waals surface area contributed by atoms with Crippen molar-refractivity contribution in [2.24, 2.45) is 0 Å². The van der Waals surface area contributed by atoms with E-state index in [-0.39, 0.29) is 5.54 Å². The second kappa shape index (κ2) is 7.35. The average Bonchev–Trinajstić information content (AvgIpc) is 3.29. The van der Waals surface area contributed by atoms with Crippen LogP contribution < -0.4 is 0 Å². The first-order chi connectivity index (χ1) is 12.6. The minimum Gasteiger partial charge on any atom is -0.444 e. The predicted octanol–water partition coefficient (Wildman–Crippen LogP) is 4.50. The summed E-state index contributed by atoms with van der Waals surface area (Å²) in [6, 6.07) is 14.8. The highest BCUT2D eigenvalue weighted by molar-refractivity contribution is 7.13. The van der Waals surface area contributed by atoms with Gasteiger partial charge in [-0.25, -0.2) is 4.98 Å². The topological polar surface area (TPSA) is 32.5 Å². The van der Waals surface area contributed by atoms with Gasteiger partial charge >= 0.3 is 0 Å². The molecule has 3 heterocycles. The van der Waals surface area contributed by atoms with Crippen LogP contribution in [0, 0.1) is 0 Å². The highest BCUT2D eigenvalue weighted by atomic mass is 32.1. The maximum Gasteiger partial charge on any atom is 0.236 e. The summed E-state index contributed by atoms with van der Waals surface area (Å²) in [6.45, 7) is 9.67. The highest BCUT2D eigenvalue weighted by Crippen LogP contribution is 2.26. The largest absolute Gasteiger partial charge is 0.444 e. The number of piperazine rings is 1. The summed E-state index contributed by atoms with van der Waals surface area (Å²) >= 11 is 1.66. The summed E-state index contributed by atoms with van der Waals surface area (Å²) in [6.07, 6.45) is 1.80. The Morgan fingerprint density at radius 3 is 2.65 bits per heavy atom. The van der Waals surface area contributed by atoms with E-state index in [1.165, 1.54) is 5.56 Å². The maximum absolute atomic E-state index is 5.66. The van der Waals surface area contributed by atoms with Gasteiger partial charge < -0.3 is 4.42 Å². The smallest absolute Gasteiger partial charge is 0.236 e. The number of aromatic nitrogens is 1. The molecule has 0 aliphatic carbocycles. The molecular weight excluding hydrogens is 342 g/mol. The van der Waals surface area contributed by atoms with Crippen LogP contribution in [0.25, 0.3) is 10.8 Å². The molecule has 4 rings (SSSR count). The Balaban J connectivity index is 1.38. The van der Waals surface area contributed by atoms with Gasteiger partial charge in [-0.15, -0.1) is 11.3 Å². The first-order valence-corrected chi connectivity index (χ1v) is 9.98. The fourth-order valence-electron chi connectivity index (χ4n) is 3.65. The van der Waals surface area contributed by atoms with Crippen molar-refractivity contribution in [2.75, 3.05) is 19.6 Å². The second-order valence-corrected chi connectivity index (χ2v) is 8.50. The van der Waals surface area contributed by atoms with E-state index >= 15 is 0 Å². The summed E-state index contributed by atoms with van der Waals surface area (Å²) < 4.78 is 5.66. The van der Waals surface area contributed by atoms with E-state index in [4.69, 9.17) is 4.42 Å². The molecule has 5 heteroatoms. The van der Waals surface area contributed by atoms with E-state index < -0.39 is 0 Å². The predicted molar refractivity (Wildman–Crippen MR) is 106 cm³/mol. The fraction of sp³-hybridized carbons (Fsp3) is 0.381. The van der Waals surface area contributed by atoms with Crippen molar-refractivity contribution in [2.45, 2.75) is 32.5 Å². The van der Waals surface area contributed by atoms with Gasteiger partial charge in [-0.1, -0.05) is 36.4 Å². The quantitative estimate of drug-likeness (QED) is 0.665. The van der Waals surface area contributed by atoms with E-state index in [9.17, 15) is 0 Å². The lowest BCUT2D eigenvalue weighted by atomic mass is 9.97. The monoisotopic (exact) mass is 367 g/mol. The molecule has 136 valence electrons. The molecule has 0 spiro atoms. The zero-order valence-electron chi connectivity index (χ0n) is 15.4. The van der Waals surface area contributed by atoms with Crippen LogP contribution >= 0.6 is 11.3 Å². The molecule has 1 fully saturated rings. The zero-order valence-corrected chi connectivity index (χ0v) is 16.2. The maximum atomic E-state index is 5.66. The Hall–Kier alpha value is -1.95. The molecule has 1 aliphatic heterocycles. The molecule has 1 aromatic carbocycles. The molecule has 0 bridgehead atoms. The van der Waals surface area contributed by atoms with Crippen LogP contribution in [-0.4, -0.2) is 40.0 Å². The lowest BCUT2D eigenvalue weighted by Gasteiger charge is -2.47. The van der Waals surface area contributed by atoms with Crippen LogP contribution in [0.1, 0.15) is 25.1 Å². The molecule has 3 aromatic rings. The van der Waals surface area contributed by atoms with Crippen molar-refractivity contribution in [3.8, 4) is 10.8 Å². The van der Waals surface area contributed by atoms with Gasteiger partial charge in [0.2, 0.25) is 5.89 Å². The molecule has 1 saturated heterocycles. The lowest BCUT2D eigenvalue weighted by Crippen LogP contribution is -2.58. The Kier molecular flexibility index (Phi) is 4.94. The van der Waals surface area contributed by atoms with Gasteiger partial charge in [0.1, 0.15) is 6.26 Å². The molecule has 0 N–H and O–H groups in total. The summed E-state index contributed by atoms with van der Waals surface area (Å²) in [5, 5.41) is 2.05. The summed E-state index contributed by atoms with van der Waals surface area (Å²) in [4.78, 5) is 10.8. The molecule has 2 aromatic heterocycles. The SMILES string of the molecule is CC1(C)CN(Cc2coc(-c3cccs3)n2)CCN1Cc1ccccc1. The molecular formula is C21H25N3OS. The third-order valence-electron chi connectivity index (χ3n) is 5.04. The van der Waals surface area contributed by atoms with Gasteiger partial charge in [-0.3, -0.25) is 9.80 Å². The van der Waals surface area contributed by atoms with E-state index in [1.807, 2.05) is 17.5 Å². The number of hydrogen-bond acceptors (Lipinski definition) is 5. The van der Waals surface area contributed by atoms with E-state index in [2.05, 4.69) is 59.0 Å². The minimum atomic E-state index is 0.133. The average molecular weight is 368 g/mol. The van der Waals surface area contributed by atoms with Gasteiger partial charge in [0.25, 0.3) is 0 Å². The first kappa shape index (κ1) is 17.5. The van der Waals surface area contributed by atoms with Crippen molar-refractivity contribution in [3.63, 3.8) is 0 Å². The minimum absolute atomic E-state index is 0.133. The molecule has 4 nitrogen and oxygen atoms in total. The van der Waals surface area contributed by atoms with Crippen molar-refractivity contribution in [1.29, 1.82) is 0 Å². The Morgan fingerprint density at radius 2 is 1.92 bits per heavy atom. The summed E-state index contributed by atoms with van der Waals surface area (Å²) in [7, 11) is 0. The molecule has 0 amide bonds. The number of oxazole rings is 1. The van der Waals surface area contributed by atoms with Crippen molar-refractivity contribution in [3.05, 3.63) is 65.4 Å². The van der Waals surface area contributed by atoms with Crippen LogP contribution in [0.4, 0.5) is 0 Å². The van der Waals surface area contributed by atoms with Crippen LogP contribution in [0.5, 0.6) is 0 Å². The van der Waals surface area contributed by atoms with E-state index in [1.54, 1.807) is 17.6 Å². The molecule has 0 atom stereocenters. The Labute approximate surface area is 159 Å². The van der Waals surface area contributed by atoms with Gasteiger partial charge in [0.05, 0.1) is 10.6 Å². The van der Waals surface area contributed by atoms with Crippen LogP contribution in [0.3, 0.4) is 0 Å². The standard InChI is InChI=1S/C21H25N3OS/c1-21(2)16-23(10-11-24(21)13-17-7-4-3-5-8-17)14-18-15-25-20(22-18)19-9-6-12-26-19/h3-9,12,15H,10-11,13-14,16H2,1-2H3. The Bertz CT molecular complexity index is 826. The van der Waals surface area contributed by atoms with Gasteiger partial charge in [0.15, 0.2) is 0 Å². The molecule has 1 aliphatic rings. The molecule has 0 unspecified atom stereocenters. The lowest BCUT2D eigenvalue weighted by molar-refractivity contribution is 0.00982. The molecule has 26 heavy (non-hydrogen) atoms. The van der Waals surface area contributed by atoms with Gasteiger partial charge in [-0.05, 0) is 30.9 Å². The fourth-order valence-corrected chi connectivity index (χ4v) is 4.30. The van der Waals surface area contributed by atoms with Crippen LogP contribution in [-0.2, 0) is 13.1 Å². The van der Waals surface area contributed by atoms with Crippen molar-refractivity contribution in [1.82, 2.24) is 14.8 Å². The van der Waals surface area contributed by atoms with Crippen LogP contribution in [0.2, 0.25) is 0 Å². The second-order valence-electron chi connectivity index (χ2n) is 7.55. The van der Waals surface area contributed by atoms with E-state index in [0.29, 0.717) is 0 Å². The third-order valence-corrected chi connectivity index (χ3v) is 5.90. The van der Waals surface area contributed by atoms with Crippen molar-refractivity contribution >= 4 is 11.3 Å². The summed E-state index contributed by atoms with van der Waals surface area (Å²) in [5.41, 5.74) is 2.53. The van der Waals surface area contributed by atoms with Gasteiger partial charge in [0, 0.05) is 38.3 Å². The van der Waals surface area contributed by atoms with Crippen molar-refractivity contribution < 1.29 is 4.42 Å². The first-order valence-electron chi connectivity index (χ1n) is 9.10. The number of nitrogens with zero attached hydrogens (tertiary/aromatic N) is 3. The normalized spacial score (nSPS) is 18.2. The molecule has 0 saturated carbocycles. The summed E-state index contributed by atoms with van der Waals surface area (Å²) in [5.74, 6) is 0.733. The third kappa shape index (κ3) is 3.90. The number of thiophene rings is 1. The highest BCUT2D eigenvalue weighted by Gasteiger charge is 2.33. The number of rotatable bonds is 5. The number of hydrogen-bond donors (Lipinski definition) is 0.